The van der Waals surface area contributed by atoms with Crippen LogP contribution in [0.4, 0.5) is 4.39 Å². The third-order valence-electron chi connectivity index (χ3n) is 5.55. The Kier molecular flexibility index (Phi) is 4.41. The third-order valence-corrected chi connectivity index (χ3v) is 5.55. The van der Waals surface area contributed by atoms with Gasteiger partial charge in [0.1, 0.15) is 11.6 Å². The van der Waals surface area contributed by atoms with Crippen molar-refractivity contribution >= 4 is 0 Å². The molecule has 3 rings (SSSR count). The van der Waals surface area contributed by atoms with Crippen LogP contribution >= 0.6 is 0 Å². The fourth-order valence-electron chi connectivity index (χ4n) is 4.17. The zero-order valence-electron chi connectivity index (χ0n) is 14.7. The summed E-state index contributed by atoms with van der Waals surface area (Å²) in [5.74, 6) is 0.972. The Balaban J connectivity index is 1.72. The van der Waals surface area contributed by atoms with Crippen LogP contribution in [-0.4, -0.2) is 36.3 Å². The Hall–Kier alpha value is -1.13. The van der Waals surface area contributed by atoms with Gasteiger partial charge in [-0.15, -0.1) is 0 Å². The zero-order chi connectivity index (χ0) is 16.7. The van der Waals surface area contributed by atoms with Crippen LogP contribution in [0.5, 0.6) is 5.75 Å². The first-order valence-corrected chi connectivity index (χ1v) is 8.57. The van der Waals surface area contributed by atoms with Gasteiger partial charge in [0, 0.05) is 31.1 Å². The smallest absolute Gasteiger partial charge is 0.131 e. The van der Waals surface area contributed by atoms with Crippen LogP contribution in [0.3, 0.4) is 0 Å². The molecule has 2 aliphatic heterocycles. The van der Waals surface area contributed by atoms with Crippen molar-refractivity contribution in [2.75, 3.05) is 20.2 Å². The Morgan fingerprint density at radius 2 is 2.09 bits per heavy atom. The second-order valence-corrected chi connectivity index (χ2v) is 7.82. The molecule has 2 fully saturated rings. The minimum Gasteiger partial charge on any atom is -0.496 e. The second-order valence-electron chi connectivity index (χ2n) is 7.82. The molecule has 0 unspecified atom stereocenters. The highest BCUT2D eigenvalue weighted by molar-refractivity contribution is 5.34. The molecule has 0 amide bonds. The number of likely N-dealkylation sites (tertiary alicyclic amines) is 1. The van der Waals surface area contributed by atoms with Gasteiger partial charge in [0.2, 0.25) is 0 Å². The average Bonchev–Trinajstić information content (AvgIpc) is 2.48. The molecule has 0 radical (unpaired) electrons. The van der Waals surface area contributed by atoms with Gasteiger partial charge >= 0.3 is 0 Å². The highest BCUT2D eigenvalue weighted by Gasteiger charge is 2.47. The van der Waals surface area contributed by atoms with Crippen molar-refractivity contribution in [2.24, 2.45) is 5.92 Å². The van der Waals surface area contributed by atoms with E-state index in [-0.39, 0.29) is 17.0 Å². The Morgan fingerprint density at radius 1 is 1.30 bits per heavy atom. The highest BCUT2D eigenvalue weighted by Crippen LogP contribution is 2.44. The van der Waals surface area contributed by atoms with Gasteiger partial charge in [-0.05, 0) is 52.2 Å². The fourth-order valence-corrected chi connectivity index (χ4v) is 4.17. The van der Waals surface area contributed by atoms with Crippen LogP contribution in [0.15, 0.2) is 18.2 Å². The molecule has 3 nitrogen and oxygen atoms in total. The van der Waals surface area contributed by atoms with E-state index in [1.807, 2.05) is 6.07 Å². The first kappa shape index (κ1) is 16.7. The van der Waals surface area contributed by atoms with E-state index in [0.29, 0.717) is 23.8 Å². The molecule has 2 atom stereocenters. The molecular formula is C19H28FNO2. The minimum absolute atomic E-state index is 0.0256. The number of hydrogen-bond acceptors (Lipinski definition) is 3. The van der Waals surface area contributed by atoms with Gasteiger partial charge in [-0.25, -0.2) is 4.39 Å². The minimum atomic E-state index is -0.182. The van der Waals surface area contributed by atoms with Crippen molar-refractivity contribution in [3.63, 3.8) is 0 Å². The fraction of sp³-hybridized carbons (Fsp3) is 0.684. The first-order chi connectivity index (χ1) is 10.8. The topological polar surface area (TPSA) is 21.7 Å². The van der Waals surface area contributed by atoms with Crippen LogP contribution in [0.25, 0.3) is 0 Å². The lowest BCUT2D eigenvalue weighted by molar-refractivity contribution is -0.214. The number of nitrogens with zero attached hydrogens (tertiary/aromatic N) is 1. The molecule has 4 heteroatoms. The summed E-state index contributed by atoms with van der Waals surface area (Å²) < 4.78 is 25.9. The monoisotopic (exact) mass is 321 g/mol. The van der Waals surface area contributed by atoms with E-state index in [1.165, 1.54) is 12.5 Å². The second kappa shape index (κ2) is 6.06. The lowest BCUT2D eigenvalue weighted by Crippen LogP contribution is -2.57. The SMILES string of the molecule is COc1cccc(F)c1CN1CC[C@@]2(C)OC(C)(C)CC[C@H]2C1. The number of halogens is 1. The van der Waals surface area contributed by atoms with Gasteiger partial charge in [0.05, 0.1) is 18.3 Å². The number of methoxy groups -OCH3 is 1. The van der Waals surface area contributed by atoms with E-state index < -0.39 is 0 Å². The van der Waals surface area contributed by atoms with E-state index in [1.54, 1.807) is 13.2 Å². The summed E-state index contributed by atoms with van der Waals surface area (Å²) in [5, 5.41) is 0. The van der Waals surface area contributed by atoms with E-state index in [0.717, 1.165) is 25.9 Å². The van der Waals surface area contributed by atoms with Crippen molar-refractivity contribution in [1.29, 1.82) is 0 Å². The molecule has 1 aromatic carbocycles. The number of rotatable bonds is 3. The highest BCUT2D eigenvalue weighted by atomic mass is 19.1. The van der Waals surface area contributed by atoms with Crippen LogP contribution in [0.1, 0.15) is 45.6 Å². The number of fused-ring (bicyclic) bond motifs is 1. The molecule has 2 aliphatic rings. The average molecular weight is 321 g/mol. The van der Waals surface area contributed by atoms with Crippen molar-refractivity contribution in [2.45, 2.75) is 57.8 Å². The summed E-state index contributed by atoms with van der Waals surface area (Å²) >= 11 is 0. The summed E-state index contributed by atoms with van der Waals surface area (Å²) in [5.41, 5.74) is 0.593. The lowest BCUT2D eigenvalue weighted by Gasteiger charge is -2.53. The first-order valence-electron chi connectivity index (χ1n) is 8.57. The predicted molar refractivity (Wildman–Crippen MR) is 89.1 cm³/mol. The number of benzene rings is 1. The zero-order valence-corrected chi connectivity index (χ0v) is 14.7. The maximum Gasteiger partial charge on any atom is 0.131 e. The number of hydrogen-bond donors (Lipinski definition) is 0. The molecule has 0 spiro atoms. The van der Waals surface area contributed by atoms with Gasteiger partial charge in [-0.3, -0.25) is 4.90 Å². The third kappa shape index (κ3) is 3.38. The van der Waals surface area contributed by atoms with E-state index in [9.17, 15) is 4.39 Å². The molecule has 128 valence electrons. The van der Waals surface area contributed by atoms with Crippen LogP contribution in [0.2, 0.25) is 0 Å². The number of piperidine rings is 1. The van der Waals surface area contributed by atoms with Gasteiger partial charge in [0.25, 0.3) is 0 Å². The van der Waals surface area contributed by atoms with Crippen molar-refractivity contribution in [3.05, 3.63) is 29.6 Å². The van der Waals surface area contributed by atoms with Crippen molar-refractivity contribution in [3.8, 4) is 5.75 Å². The van der Waals surface area contributed by atoms with Gasteiger partial charge in [0.15, 0.2) is 0 Å². The summed E-state index contributed by atoms with van der Waals surface area (Å²) in [6.45, 7) is 9.12. The summed E-state index contributed by atoms with van der Waals surface area (Å²) in [7, 11) is 1.60. The lowest BCUT2D eigenvalue weighted by atomic mass is 9.74. The van der Waals surface area contributed by atoms with Gasteiger partial charge in [-0.1, -0.05) is 6.07 Å². The molecule has 0 aromatic heterocycles. The molecule has 2 saturated heterocycles. The van der Waals surface area contributed by atoms with Crippen LogP contribution < -0.4 is 4.74 Å². The normalized spacial score (nSPS) is 30.7. The van der Waals surface area contributed by atoms with Gasteiger partial charge < -0.3 is 9.47 Å². The Morgan fingerprint density at radius 3 is 2.83 bits per heavy atom. The van der Waals surface area contributed by atoms with Crippen molar-refractivity contribution in [1.82, 2.24) is 4.90 Å². The molecular weight excluding hydrogens is 293 g/mol. The van der Waals surface area contributed by atoms with E-state index in [2.05, 4.69) is 25.7 Å². The van der Waals surface area contributed by atoms with Gasteiger partial charge in [-0.2, -0.15) is 0 Å². The molecule has 2 heterocycles. The molecule has 0 N–H and O–H groups in total. The summed E-state index contributed by atoms with van der Waals surface area (Å²) in [6.07, 6.45) is 3.26. The maximum atomic E-state index is 14.2. The van der Waals surface area contributed by atoms with Crippen LogP contribution in [0, 0.1) is 11.7 Å². The van der Waals surface area contributed by atoms with Crippen LogP contribution in [-0.2, 0) is 11.3 Å². The van der Waals surface area contributed by atoms with Crippen molar-refractivity contribution < 1.29 is 13.9 Å². The standard InChI is InChI=1S/C19H28FNO2/c1-18(2)9-8-14-12-21(11-10-19(14,3)23-18)13-15-16(20)6-5-7-17(15)22-4/h5-7,14H,8-13H2,1-4H3/t14-,19+/m0/s1. The maximum absolute atomic E-state index is 14.2. The largest absolute Gasteiger partial charge is 0.496 e. The Labute approximate surface area is 138 Å². The molecule has 1 aromatic rings. The summed E-state index contributed by atoms with van der Waals surface area (Å²) in [4.78, 5) is 2.34. The molecule has 0 aliphatic carbocycles. The molecule has 0 saturated carbocycles. The summed E-state index contributed by atoms with van der Waals surface area (Å²) in [6, 6.07) is 5.04. The van der Waals surface area contributed by atoms with E-state index in [4.69, 9.17) is 9.47 Å². The quantitative estimate of drug-likeness (QED) is 0.840. The Bertz CT molecular complexity index is 574. The predicted octanol–water partition coefficient (Wildman–Crippen LogP) is 4.00. The number of ether oxygens (including phenoxy) is 2. The molecule has 0 bridgehead atoms. The molecule has 23 heavy (non-hydrogen) atoms. The van der Waals surface area contributed by atoms with E-state index >= 15 is 0 Å².